The van der Waals surface area contributed by atoms with Crippen LogP contribution in [0.4, 0.5) is 17.3 Å². The average molecular weight is 359 g/mol. The van der Waals surface area contributed by atoms with E-state index in [9.17, 15) is 0 Å². The number of nitrogens with zero attached hydrogens (tertiary/aromatic N) is 3. The van der Waals surface area contributed by atoms with Crippen molar-refractivity contribution in [3.05, 3.63) is 66.2 Å². The summed E-state index contributed by atoms with van der Waals surface area (Å²) in [5.41, 5.74) is 2.42. The van der Waals surface area contributed by atoms with Crippen molar-refractivity contribution in [2.45, 2.75) is 6.42 Å². The molecule has 0 bridgehead atoms. The lowest BCUT2D eigenvalue weighted by Crippen LogP contribution is -2.08. The molecule has 0 aliphatic heterocycles. The van der Waals surface area contributed by atoms with Crippen molar-refractivity contribution in [3.8, 4) is 17.5 Å². The summed E-state index contributed by atoms with van der Waals surface area (Å²) in [4.78, 5) is 9.26. The Bertz CT molecular complexity index is 904. The highest BCUT2D eigenvalue weighted by Crippen LogP contribution is 2.23. The topological polar surface area (TPSA) is 82.9 Å². The van der Waals surface area contributed by atoms with Gasteiger partial charge in [-0.1, -0.05) is 30.3 Å². The van der Waals surface area contributed by atoms with Crippen LogP contribution in [0.3, 0.4) is 0 Å². The summed E-state index contributed by atoms with van der Waals surface area (Å²) in [6.45, 7) is 1.45. The van der Waals surface area contributed by atoms with E-state index in [2.05, 4.69) is 26.7 Å². The fraction of sp³-hybridized carbons (Fsp3) is 0.190. The highest BCUT2D eigenvalue weighted by molar-refractivity contribution is 5.65. The Hall–Kier alpha value is -3.43. The van der Waals surface area contributed by atoms with Crippen molar-refractivity contribution < 1.29 is 4.74 Å². The summed E-state index contributed by atoms with van der Waals surface area (Å²) in [5, 5.41) is 15.5. The standard InChI is InChI=1S/C21H21N5O/c1-27-13-5-12-23-19-14-20(24-18-10-8-16(15-22)9-11-18)26-21(25-19)17-6-3-2-4-7-17/h2-4,6-11,14H,5,12-13H2,1H3,(H2,23,24,25,26). The molecule has 0 unspecified atom stereocenters. The van der Waals surface area contributed by atoms with Gasteiger partial charge < -0.3 is 15.4 Å². The molecule has 0 amide bonds. The van der Waals surface area contributed by atoms with Crippen molar-refractivity contribution in [1.82, 2.24) is 9.97 Å². The van der Waals surface area contributed by atoms with Crippen molar-refractivity contribution in [3.63, 3.8) is 0 Å². The molecule has 3 rings (SSSR count). The lowest BCUT2D eigenvalue weighted by molar-refractivity contribution is 0.198. The SMILES string of the molecule is COCCCNc1cc(Nc2ccc(C#N)cc2)nc(-c2ccccc2)n1. The summed E-state index contributed by atoms with van der Waals surface area (Å²) in [6.07, 6.45) is 0.888. The molecule has 6 heteroatoms. The number of rotatable bonds is 8. The van der Waals surface area contributed by atoms with E-state index in [1.807, 2.05) is 48.5 Å². The van der Waals surface area contributed by atoms with Crippen molar-refractivity contribution in [1.29, 1.82) is 5.26 Å². The fourth-order valence-electron chi connectivity index (χ4n) is 2.53. The van der Waals surface area contributed by atoms with Gasteiger partial charge >= 0.3 is 0 Å². The van der Waals surface area contributed by atoms with E-state index in [0.717, 1.165) is 30.0 Å². The molecule has 2 N–H and O–H groups in total. The second-order valence-electron chi connectivity index (χ2n) is 5.92. The van der Waals surface area contributed by atoms with Gasteiger partial charge in [-0.2, -0.15) is 5.26 Å². The number of nitriles is 1. The number of methoxy groups -OCH3 is 1. The first-order valence-electron chi connectivity index (χ1n) is 8.73. The molecular weight excluding hydrogens is 338 g/mol. The molecule has 0 spiro atoms. The van der Waals surface area contributed by atoms with Gasteiger partial charge in [0.1, 0.15) is 11.6 Å². The third-order valence-electron chi connectivity index (χ3n) is 3.88. The molecule has 27 heavy (non-hydrogen) atoms. The van der Waals surface area contributed by atoms with E-state index in [4.69, 9.17) is 10.00 Å². The molecule has 0 aliphatic carbocycles. The lowest BCUT2D eigenvalue weighted by atomic mass is 10.2. The second kappa shape index (κ2) is 9.32. The highest BCUT2D eigenvalue weighted by atomic mass is 16.5. The molecule has 2 aromatic carbocycles. The number of benzene rings is 2. The third kappa shape index (κ3) is 5.27. The second-order valence-corrected chi connectivity index (χ2v) is 5.92. The van der Waals surface area contributed by atoms with Crippen LogP contribution >= 0.6 is 0 Å². The first-order valence-corrected chi connectivity index (χ1v) is 8.73. The minimum Gasteiger partial charge on any atom is -0.385 e. The average Bonchev–Trinajstić information content (AvgIpc) is 2.72. The summed E-state index contributed by atoms with van der Waals surface area (Å²) < 4.78 is 5.09. The maximum Gasteiger partial charge on any atom is 0.163 e. The lowest BCUT2D eigenvalue weighted by Gasteiger charge is -2.12. The summed E-state index contributed by atoms with van der Waals surface area (Å²) in [5.74, 6) is 2.07. The van der Waals surface area contributed by atoms with Crippen molar-refractivity contribution >= 4 is 17.3 Å². The predicted octanol–water partition coefficient (Wildman–Crippen LogP) is 4.21. The van der Waals surface area contributed by atoms with Gasteiger partial charge in [-0.25, -0.2) is 9.97 Å². The molecule has 1 aromatic heterocycles. The van der Waals surface area contributed by atoms with Crippen LogP contribution < -0.4 is 10.6 Å². The molecule has 0 aliphatic rings. The molecule has 0 saturated heterocycles. The van der Waals surface area contributed by atoms with Gasteiger partial charge in [0.15, 0.2) is 5.82 Å². The number of anilines is 3. The number of hydrogen-bond donors (Lipinski definition) is 2. The van der Waals surface area contributed by atoms with Gasteiger partial charge in [0, 0.05) is 37.6 Å². The number of aromatic nitrogens is 2. The molecule has 0 fully saturated rings. The minimum absolute atomic E-state index is 0.619. The van der Waals surface area contributed by atoms with E-state index in [0.29, 0.717) is 23.8 Å². The van der Waals surface area contributed by atoms with Gasteiger partial charge in [-0.05, 0) is 30.7 Å². The Morgan fingerprint density at radius 1 is 1.00 bits per heavy atom. The van der Waals surface area contributed by atoms with E-state index >= 15 is 0 Å². The smallest absolute Gasteiger partial charge is 0.163 e. The Balaban J connectivity index is 1.85. The van der Waals surface area contributed by atoms with Crippen molar-refractivity contribution in [2.75, 3.05) is 30.9 Å². The molecule has 3 aromatic rings. The van der Waals surface area contributed by atoms with Gasteiger partial charge in [-0.3, -0.25) is 0 Å². The van der Waals surface area contributed by atoms with E-state index in [1.165, 1.54) is 0 Å². The molecule has 136 valence electrons. The highest BCUT2D eigenvalue weighted by Gasteiger charge is 2.07. The van der Waals surface area contributed by atoms with Crippen LogP contribution in [0.1, 0.15) is 12.0 Å². The number of hydrogen-bond acceptors (Lipinski definition) is 6. The molecule has 0 saturated carbocycles. The van der Waals surface area contributed by atoms with Crippen LogP contribution in [0.25, 0.3) is 11.4 Å². The van der Waals surface area contributed by atoms with Crippen LogP contribution in [0.5, 0.6) is 0 Å². The summed E-state index contributed by atoms with van der Waals surface area (Å²) >= 11 is 0. The maximum atomic E-state index is 8.93. The summed E-state index contributed by atoms with van der Waals surface area (Å²) in [7, 11) is 1.69. The van der Waals surface area contributed by atoms with Gasteiger partial charge in [0.25, 0.3) is 0 Å². The van der Waals surface area contributed by atoms with Gasteiger partial charge in [0.2, 0.25) is 0 Å². The molecule has 0 radical (unpaired) electrons. The number of ether oxygens (including phenoxy) is 1. The van der Waals surface area contributed by atoms with Gasteiger partial charge in [-0.15, -0.1) is 0 Å². The Labute approximate surface area is 158 Å². The first-order chi connectivity index (χ1) is 13.3. The predicted molar refractivity (Wildman–Crippen MR) is 107 cm³/mol. The fourth-order valence-corrected chi connectivity index (χ4v) is 2.53. The maximum absolute atomic E-state index is 8.93. The molecular formula is C21H21N5O. The Morgan fingerprint density at radius 3 is 2.44 bits per heavy atom. The quantitative estimate of drug-likeness (QED) is 0.586. The van der Waals surface area contributed by atoms with Crippen LogP contribution in [0.15, 0.2) is 60.7 Å². The van der Waals surface area contributed by atoms with E-state index in [1.54, 1.807) is 19.2 Å². The Kier molecular flexibility index (Phi) is 6.34. The molecule has 0 atom stereocenters. The van der Waals surface area contributed by atoms with Gasteiger partial charge in [0.05, 0.1) is 11.6 Å². The third-order valence-corrected chi connectivity index (χ3v) is 3.88. The normalized spacial score (nSPS) is 10.2. The van der Waals surface area contributed by atoms with E-state index < -0.39 is 0 Å². The van der Waals surface area contributed by atoms with Crippen LogP contribution in [-0.2, 0) is 4.74 Å². The minimum atomic E-state index is 0.619. The van der Waals surface area contributed by atoms with E-state index in [-0.39, 0.29) is 0 Å². The zero-order valence-corrected chi connectivity index (χ0v) is 15.1. The Morgan fingerprint density at radius 2 is 1.74 bits per heavy atom. The zero-order valence-electron chi connectivity index (χ0n) is 15.1. The van der Waals surface area contributed by atoms with Crippen molar-refractivity contribution in [2.24, 2.45) is 0 Å². The van der Waals surface area contributed by atoms with Crippen LogP contribution in [0, 0.1) is 11.3 Å². The number of nitrogens with one attached hydrogen (secondary N) is 2. The van der Waals surface area contributed by atoms with Crippen LogP contribution in [0.2, 0.25) is 0 Å². The largest absolute Gasteiger partial charge is 0.385 e. The summed E-state index contributed by atoms with van der Waals surface area (Å²) in [6, 6.07) is 21.1. The molecule has 1 heterocycles. The van der Waals surface area contributed by atoms with Crippen LogP contribution in [-0.4, -0.2) is 30.2 Å². The monoisotopic (exact) mass is 359 g/mol. The first kappa shape index (κ1) is 18.4. The zero-order chi connectivity index (χ0) is 18.9. The molecule has 6 nitrogen and oxygen atoms in total.